The number of nitrogens with zero attached hydrogens (tertiary/aromatic N) is 3. The summed E-state index contributed by atoms with van der Waals surface area (Å²) in [5, 5.41) is 7.77. The molecule has 86 valence electrons. The average Bonchev–Trinajstić information content (AvgIpc) is 2.74. The van der Waals surface area contributed by atoms with E-state index in [2.05, 4.69) is 22.3 Å². The zero-order valence-electron chi connectivity index (χ0n) is 9.98. The highest BCUT2D eigenvalue weighted by Gasteiger charge is 2.12. The Morgan fingerprint density at radius 2 is 2.12 bits per heavy atom. The van der Waals surface area contributed by atoms with E-state index < -0.39 is 0 Å². The molecule has 0 aliphatic carbocycles. The number of anilines is 1. The van der Waals surface area contributed by atoms with Gasteiger partial charge in [0.2, 0.25) is 0 Å². The molecule has 2 heterocycles. The van der Waals surface area contributed by atoms with Crippen LogP contribution in [0.4, 0.5) is 5.69 Å². The van der Waals surface area contributed by atoms with Gasteiger partial charge in [0.15, 0.2) is 0 Å². The Morgan fingerprint density at radius 1 is 1.38 bits per heavy atom. The minimum atomic E-state index is 0.274. The molecule has 0 amide bonds. The second-order valence-electron chi connectivity index (χ2n) is 3.97. The molecule has 0 saturated carbocycles. The highest BCUT2D eigenvalue weighted by atomic mass is 32.1. The van der Waals surface area contributed by atoms with Gasteiger partial charge in [-0.3, -0.25) is 4.68 Å². The number of nitrogens with one attached hydrogen (secondary N) is 1. The molecule has 0 fully saturated rings. The molecule has 1 N–H and O–H groups in total. The maximum atomic E-state index is 4.31. The van der Waals surface area contributed by atoms with Crippen molar-refractivity contribution >= 4 is 17.0 Å². The number of aromatic nitrogens is 3. The molecule has 0 spiro atoms. The predicted molar refractivity (Wildman–Crippen MR) is 66.8 cm³/mol. The maximum absolute atomic E-state index is 4.31. The molecule has 1 unspecified atom stereocenters. The number of hydrogen-bond donors (Lipinski definition) is 1. The summed E-state index contributed by atoms with van der Waals surface area (Å²) in [4.78, 5) is 5.55. The first-order valence-corrected chi connectivity index (χ1v) is 6.12. The molecule has 0 aliphatic rings. The minimum Gasteiger partial charge on any atom is -0.375 e. The predicted octanol–water partition coefficient (Wildman–Crippen LogP) is 2.67. The van der Waals surface area contributed by atoms with Crippen LogP contribution in [0.25, 0.3) is 0 Å². The topological polar surface area (TPSA) is 42.7 Å². The minimum absolute atomic E-state index is 0.274. The van der Waals surface area contributed by atoms with Gasteiger partial charge in [0.05, 0.1) is 28.6 Å². The monoisotopic (exact) mass is 236 g/mol. The van der Waals surface area contributed by atoms with E-state index in [0.717, 1.165) is 17.1 Å². The van der Waals surface area contributed by atoms with Crippen molar-refractivity contribution in [3.05, 3.63) is 28.0 Å². The molecule has 0 aliphatic heterocycles. The largest absolute Gasteiger partial charge is 0.375 e. The summed E-state index contributed by atoms with van der Waals surface area (Å²) in [5.74, 6) is 0. The third kappa shape index (κ3) is 2.09. The van der Waals surface area contributed by atoms with Gasteiger partial charge in [-0.15, -0.1) is 11.3 Å². The Balaban J connectivity index is 2.16. The van der Waals surface area contributed by atoms with Gasteiger partial charge in [-0.25, -0.2) is 4.98 Å². The third-order valence-electron chi connectivity index (χ3n) is 2.56. The molecule has 2 aromatic heterocycles. The first-order chi connectivity index (χ1) is 7.58. The second kappa shape index (κ2) is 4.25. The average molecular weight is 236 g/mol. The van der Waals surface area contributed by atoms with Gasteiger partial charge in [-0.2, -0.15) is 5.10 Å². The van der Waals surface area contributed by atoms with Crippen LogP contribution in [0.15, 0.2) is 11.7 Å². The molecule has 5 heteroatoms. The van der Waals surface area contributed by atoms with Gasteiger partial charge in [-0.05, 0) is 20.8 Å². The van der Waals surface area contributed by atoms with Gasteiger partial charge in [0.1, 0.15) is 0 Å². The van der Waals surface area contributed by atoms with E-state index >= 15 is 0 Å². The Morgan fingerprint density at radius 3 is 2.62 bits per heavy atom. The number of aryl methyl sites for hydroxylation is 3. The van der Waals surface area contributed by atoms with Crippen LogP contribution in [0.5, 0.6) is 0 Å². The Hall–Kier alpha value is -1.36. The number of rotatable bonds is 3. The standard InChI is InChI=1S/C11H16N4S/c1-7-10(5-15(4)14-7)13-9(3)11-8(2)12-6-16-11/h5-6,9,13H,1-4H3. The van der Waals surface area contributed by atoms with E-state index in [4.69, 9.17) is 0 Å². The number of hydrogen-bond acceptors (Lipinski definition) is 4. The van der Waals surface area contributed by atoms with E-state index in [-0.39, 0.29) is 6.04 Å². The highest BCUT2D eigenvalue weighted by molar-refractivity contribution is 7.09. The SMILES string of the molecule is Cc1nn(C)cc1NC(C)c1scnc1C. The first-order valence-electron chi connectivity index (χ1n) is 5.24. The Labute approximate surface area is 99.3 Å². The fraction of sp³-hybridized carbons (Fsp3) is 0.455. The Kier molecular flexibility index (Phi) is 2.96. The molecular formula is C11H16N4S. The fourth-order valence-electron chi connectivity index (χ4n) is 1.77. The van der Waals surface area contributed by atoms with Crippen LogP contribution in [0, 0.1) is 13.8 Å². The molecule has 0 aromatic carbocycles. The van der Waals surface area contributed by atoms with Gasteiger partial charge in [-0.1, -0.05) is 0 Å². The van der Waals surface area contributed by atoms with Gasteiger partial charge in [0.25, 0.3) is 0 Å². The molecular weight excluding hydrogens is 220 g/mol. The van der Waals surface area contributed by atoms with E-state index in [1.807, 2.05) is 37.3 Å². The van der Waals surface area contributed by atoms with Crippen molar-refractivity contribution in [3.8, 4) is 0 Å². The normalized spacial score (nSPS) is 12.8. The van der Waals surface area contributed by atoms with Crippen molar-refractivity contribution in [1.29, 1.82) is 0 Å². The lowest BCUT2D eigenvalue weighted by Gasteiger charge is -2.13. The van der Waals surface area contributed by atoms with E-state index in [1.54, 1.807) is 11.3 Å². The van der Waals surface area contributed by atoms with Crippen molar-refractivity contribution in [2.24, 2.45) is 7.05 Å². The van der Waals surface area contributed by atoms with Gasteiger partial charge < -0.3 is 5.32 Å². The van der Waals surface area contributed by atoms with Crippen molar-refractivity contribution in [2.45, 2.75) is 26.8 Å². The van der Waals surface area contributed by atoms with Crippen LogP contribution in [-0.2, 0) is 7.05 Å². The smallest absolute Gasteiger partial charge is 0.0825 e. The van der Waals surface area contributed by atoms with E-state index in [9.17, 15) is 0 Å². The van der Waals surface area contributed by atoms with Crippen LogP contribution < -0.4 is 5.32 Å². The van der Waals surface area contributed by atoms with Crippen LogP contribution in [-0.4, -0.2) is 14.8 Å². The summed E-state index contributed by atoms with van der Waals surface area (Å²) in [6.45, 7) is 6.20. The van der Waals surface area contributed by atoms with Crippen molar-refractivity contribution in [1.82, 2.24) is 14.8 Å². The summed E-state index contributed by atoms with van der Waals surface area (Å²) >= 11 is 1.69. The van der Waals surface area contributed by atoms with Crippen LogP contribution >= 0.6 is 11.3 Å². The lowest BCUT2D eigenvalue weighted by Crippen LogP contribution is -2.06. The lowest BCUT2D eigenvalue weighted by molar-refractivity contribution is 0.756. The van der Waals surface area contributed by atoms with Crippen molar-refractivity contribution < 1.29 is 0 Å². The van der Waals surface area contributed by atoms with Gasteiger partial charge in [0, 0.05) is 18.1 Å². The lowest BCUT2D eigenvalue weighted by atomic mass is 10.2. The van der Waals surface area contributed by atoms with Crippen molar-refractivity contribution in [2.75, 3.05) is 5.32 Å². The molecule has 2 aromatic rings. The molecule has 2 rings (SSSR count). The second-order valence-corrected chi connectivity index (χ2v) is 4.86. The summed E-state index contributed by atoms with van der Waals surface area (Å²) < 4.78 is 1.82. The van der Waals surface area contributed by atoms with Crippen molar-refractivity contribution in [3.63, 3.8) is 0 Å². The van der Waals surface area contributed by atoms with Crippen LogP contribution in [0.3, 0.4) is 0 Å². The molecule has 0 saturated heterocycles. The zero-order chi connectivity index (χ0) is 11.7. The summed E-state index contributed by atoms with van der Waals surface area (Å²) in [6, 6.07) is 0.274. The summed E-state index contributed by atoms with van der Waals surface area (Å²) in [7, 11) is 1.93. The summed E-state index contributed by atoms with van der Waals surface area (Å²) in [5.41, 5.74) is 5.10. The van der Waals surface area contributed by atoms with E-state index in [1.165, 1.54) is 4.88 Å². The zero-order valence-corrected chi connectivity index (χ0v) is 10.8. The fourth-order valence-corrected chi connectivity index (χ4v) is 2.58. The first kappa shape index (κ1) is 11.1. The van der Waals surface area contributed by atoms with Crippen LogP contribution in [0.2, 0.25) is 0 Å². The van der Waals surface area contributed by atoms with E-state index in [0.29, 0.717) is 0 Å². The molecule has 16 heavy (non-hydrogen) atoms. The van der Waals surface area contributed by atoms with Gasteiger partial charge >= 0.3 is 0 Å². The Bertz CT molecular complexity index is 486. The number of thiazole rings is 1. The molecule has 0 bridgehead atoms. The van der Waals surface area contributed by atoms with Crippen LogP contribution in [0.1, 0.15) is 29.2 Å². The summed E-state index contributed by atoms with van der Waals surface area (Å²) in [6.07, 6.45) is 2.00. The third-order valence-corrected chi connectivity index (χ3v) is 3.68. The molecule has 1 atom stereocenters. The molecule has 4 nitrogen and oxygen atoms in total. The highest BCUT2D eigenvalue weighted by Crippen LogP contribution is 2.25. The maximum Gasteiger partial charge on any atom is 0.0825 e. The quantitative estimate of drug-likeness (QED) is 0.891. The molecule has 0 radical (unpaired) electrons.